The SMILES string of the molecule is COc1ccc([C@H](Cc2c(Cl)c[n+]([O-])cc2Cl)c2cc(CN(C(=O)O[C@H]3CN4CCC3CC4)c3c(F)cccc3F)ccc2C(=O)O)cc1OC. The van der Waals surface area contributed by atoms with E-state index in [0.717, 1.165) is 55.4 Å². The number of hydrogen-bond donors (Lipinski definition) is 1. The van der Waals surface area contributed by atoms with Crippen molar-refractivity contribution in [3.8, 4) is 11.5 Å². The lowest BCUT2D eigenvalue weighted by Crippen LogP contribution is -2.53. The minimum absolute atomic E-state index is 0.0327. The van der Waals surface area contributed by atoms with Crippen LogP contribution in [-0.2, 0) is 17.7 Å². The van der Waals surface area contributed by atoms with Gasteiger partial charge in [0.2, 0.25) is 0 Å². The second-order valence-corrected chi connectivity index (χ2v) is 13.4. The van der Waals surface area contributed by atoms with E-state index >= 15 is 8.78 Å². The molecule has 0 unspecified atom stereocenters. The normalized spacial score (nSPS) is 18.6. The van der Waals surface area contributed by atoms with Crippen LogP contribution in [0.5, 0.6) is 11.5 Å². The van der Waals surface area contributed by atoms with Crippen molar-refractivity contribution in [1.82, 2.24) is 4.90 Å². The standard InChI is InChI=1S/C37H35Cl2F2N3O7/c1-49-32-9-7-23(15-33(32)50-2)25(16-27-28(38)18-43(48)19-29(27)39)26-14-21(6-8-24(26)36(45)46)17-44(35-30(40)4-3-5-31(35)41)37(47)51-34-20-42-12-10-22(34)11-13-42/h3-9,14-15,18-19,22,25,34H,10-13,16-17,20H2,1-2H3,(H,45,46)/t25-,34-/m0/s1. The van der Waals surface area contributed by atoms with E-state index in [9.17, 15) is 19.9 Å². The Balaban J connectivity index is 1.45. The maximum atomic E-state index is 15.3. The van der Waals surface area contributed by atoms with E-state index in [4.69, 9.17) is 37.4 Å². The van der Waals surface area contributed by atoms with Crippen molar-refractivity contribution in [2.75, 3.05) is 38.8 Å². The van der Waals surface area contributed by atoms with Crippen LogP contribution in [0.15, 0.2) is 67.0 Å². The van der Waals surface area contributed by atoms with Crippen LogP contribution < -0.4 is 19.1 Å². The molecule has 2 atom stereocenters. The first-order valence-electron chi connectivity index (χ1n) is 16.3. The van der Waals surface area contributed by atoms with Crippen LogP contribution in [0.1, 0.15) is 51.4 Å². The summed E-state index contributed by atoms with van der Waals surface area (Å²) in [6.07, 6.45) is 2.67. The number of carbonyl (C=O) groups is 2. The van der Waals surface area contributed by atoms with Crippen LogP contribution in [0.3, 0.4) is 0 Å². The highest BCUT2D eigenvalue weighted by atomic mass is 35.5. The van der Waals surface area contributed by atoms with E-state index in [0.29, 0.717) is 39.5 Å². The molecule has 1 aromatic heterocycles. The molecule has 10 nitrogen and oxygen atoms in total. The summed E-state index contributed by atoms with van der Waals surface area (Å²) in [6, 6.07) is 12.8. The van der Waals surface area contributed by atoms with Crippen molar-refractivity contribution in [3.63, 3.8) is 0 Å². The molecule has 0 aliphatic carbocycles. The van der Waals surface area contributed by atoms with Gasteiger partial charge in [-0.05, 0) is 85.3 Å². The molecule has 3 aromatic carbocycles. The molecular formula is C37H35Cl2F2N3O7. The molecule has 51 heavy (non-hydrogen) atoms. The lowest BCUT2D eigenvalue weighted by Gasteiger charge is -2.44. The molecule has 3 aliphatic rings. The van der Waals surface area contributed by atoms with E-state index < -0.39 is 41.4 Å². The maximum absolute atomic E-state index is 15.3. The predicted octanol–water partition coefficient (Wildman–Crippen LogP) is 7.23. The molecule has 268 valence electrons. The van der Waals surface area contributed by atoms with Crippen LogP contribution >= 0.6 is 23.2 Å². The molecule has 1 amide bonds. The number of ether oxygens (including phenoxy) is 3. The Hall–Kier alpha value is -4.65. The monoisotopic (exact) mass is 741 g/mol. The number of nitrogens with zero attached hydrogens (tertiary/aromatic N) is 3. The van der Waals surface area contributed by atoms with Crippen molar-refractivity contribution >= 4 is 41.0 Å². The largest absolute Gasteiger partial charge is 0.619 e. The maximum Gasteiger partial charge on any atom is 0.415 e. The van der Waals surface area contributed by atoms with Gasteiger partial charge in [0.25, 0.3) is 0 Å². The van der Waals surface area contributed by atoms with Gasteiger partial charge in [0.05, 0.1) is 26.3 Å². The number of pyridine rings is 1. The first-order valence-corrected chi connectivity index (χ1v) is 17.0. The third kappa shape index (κ3) is 7.68. The average Bonchev–Trinajstić information content (AvgIpc) is 3.11. The van der Waals surface area contributed by atoms with Crippen molar-refractivity contribution < 1.29 is 42.4 Å². The molecular weight excluding hydrogens is 707 g/mol. The van der Waals surface area contributed by atoms with Crippen molar-refractivity contribution in [1.29, 1.82) is 0 Å². The van der Waals surface area contributed by atoms with E-state index in [1.54, 1.807) is 24.3 Å². The summed E-state index contributed by atoms with van der Waals surface area (Å²) in [6.45, 7) is 1.99. The average molecular weight is 743 g/mol. The lowest BCUT2D eigenvalue weighted by atomic mass is 9.82. The van der Waals surface area contributed by atoms with Crippen molar-refractivity contribution in [2.24, 2.45) is 5.92 Å². The van der Waals surface area contributed by atoms with Crippen molar-refractivity contribution in [2.45, 2.75) is 37.8 Å². The number of amides is 1. The summed E-state index contributed by atoms with van der Waals surface area (Å²) < 4.78 is 48.0. The van der Waals surface area contributed by atoms with E-state index in [-0.39, 0.29) is 40.1 Å². The van der Waals surface area contributed by atoms with Gasteiger partial charge in [-0.2, -0.15) is 4.73 Å². The first-order chi connectivity index (χ1) is 24.5. The summed E-state index contributed by atoms with van der Waals surface area (Å²) in [7, 11) is 2.94. The van der Waals surface area contributed by atoms with Gasteiger partial charge in [0.15, 0.2) is 23.9 Å². The van der Waals surface area contributed by atoms with Crippen molar-refractivity contribution in [3.05, 3.63) is 122 Å². The zero-order chi connectivity index (χ0) is 36.4. The van der Waals surface area contributed by atoms with Gasteiger partial charge in [0.1, 0.15) is 33.5 Å². The second-order valence-electron chi connectivity index (χ2n) is 12.6. The van der Waals surface area contributed by atoms with Crippen LogP contribution in [-0.4, -0.2) is 62.0 Å². The van der Waals surface area contributed by atoms with Gasteiger partial charge in [-0.1, -0.05) is 47.5 Å². The highest BCUT2D eigenvalue weighted by molar-refractivity contribution is 6.35. The first kappa shape index (κ1) is 36.2. The fourth-order valence-corrected chi connectivity index (χ4v) is 7.60. The smallest absolute Gasteiger partial charge is 0.415 e. The van der Waals surface area contributed by atoms with Gasteiger partial charge in [-0.15, -0.1) is 0 Å². The number of carboxylic acid groups (broad SMARTS) is 1. The molecule has 1 N–H and O–H groups in total. The number of carbonyl (C=O) groups excluding carboxylic acids is 1. The van der Waals surface area contributed by atoms with Crippen LogP contribution in [0.4, 0.5) is 19.3 Å². The van der Waals surface area contributed by atoms with Gasteiger partial charge in [0, 0.05) is 18.0 Å². The lowest BCUT2D eigenvalue weighted by molar-refractivity contribution is -0.605. The van der Waals surface area contributed by atoms with Gasteiger partial charge in [-0.3, -0.25) is 9.80 Å². The molecule has 0 spiro atoms. The molecule has 3 aliphatic heterocycles. The summed E-state index contributed by atoms with van der Waals surface area (Å²) >= 11 is 13.0. The van der Waals surface area contributed by atoms with Crippen LogP contribution in [0.2, 0.25) is 10.0 Å². The summed E-state index contributed by atoms with van der Waals surface area (Å²) in [5, 5.41) is 22.6. The highest BCUT2D eigenvalue weighted by Gasteiger charge is 2.38. The number of para-hydroxylation sites is 1. The number of rotatable bonds is 11. The van der Waals surface area contributed by atoms with Gasteiger partial charge >= 0.3 is 12.1 Å². The van der Waals surface area contributed by atoms with E-state index in [1.165, 1.54) is 32.4 Å². The topological polar surface area (TPSA) is 115 Å². The van der Waals surface area contributed by atoms with Crippen LogP contribution in [0.25, 0.3) is 0 Å². The Bertz CT molecular complexity index is 1910. The zero-order valence-corrected chi connectivity index (χ0v) is 29.3. The highest BCUT2D eigenvalue weighted by Crippen LogP contribution is 2.40. The molecule has 2 bridgehead atoms. The Morgan fingerprint density at radius 2 is 1.67 bits per heavy atom. The molecule has 3 fully saturated rings. The fourth-order valence-electron chi connectivity index (χ4n) is 7.00. The third-order valence-electron chi connectivity index (χ3n) is 9.61. The quantitative estimate of drug-likeness (QED) is 0.127. The van der Waals surface area contributed by atoms with Crippen LogP contribution in [0, 0.1) is 22.8 Å². The van der Waals surface area contributed by atoms with E-state index in [2.05, 4.69) is 4.90 Å². The Kier molecular flexibility index (Phi) is 10.8. The second kappa shape index (κ2) is 15.3. The molecule has 14 heteroatoms. The fraction of sp³-hybridized carbons (Fsp3) is 0.324. The zero-order valence-electron chi connectivity index (χ0n) is 27.8. The Labute approximate surface area is 303 Å². The van der Waals surface area contributed by atoms with Gasteiger partial charge in [-0.25, -0.2) is 18.4 Å². The number of aromatic nitrogens is 1. The number of piperidine rings is 3. The summed E-state index contributed by atoms with van der Waals surface area (Å²) in [5.74, 6) is -3.01. The predicted molar refractivity (Wildman–Crippen MR) is 186 cm³/mol. The number of carboxylic acids is 1. The van der Waals surface area contributed by atoms with E-state index in [1.807, 2.05) is 0 Å². The minimum atomic E-state index is -1.25. The minimum Gasteiger partial charge on any atom is -0.619 e. The number of methoxy groups -OCH3 is 2. The molecule has 4 heterocycles. The molecule has 0 saturated carbocycles. The summed E-state index contributed by atoms with van der Waals surface area (Å²) in [5.41, 5.74) is 0.923. The number of anilines is 1. The number of aromatic carboxylic acids is 1. The molecule has 3 saturated heterocycles. The number of hydrogen-bond acceptors (Lipinski definition) is 7. The Morgan fingerprint density at radius 3 is 2.25 bits per heavy atom. The molecule has 4 aromatic rings. The Morgan fingerprint density at radius 1 is 1.00 bits per heavy atom. The third-order valence-corrected chi connectivity index (χ3v) is 10.3. The number of benzene rings is 3. The molecule has 7 rings (SSSR count). The number of fused-ring (bicyclic) bond motifs is 3. The summed E-state index contributed by atoms with van der Waals surface area (Å²) in [4.78, 5) is 29.7. The number of halogens is 4. The molecule has 0 radical (unpaired) electrons. The van der Waals surface area contributed by atoms with Gasteiger partial charge < -0.3 is 24.5 Å².